The highest BCUT2D eigenvalue weighted by molar-refractivity contribution is 7.99. The van der Waals surface area contributed by atoms with Crippen LogP contribution in [0.5, 0.6) is 0 Å². The lowest BCUT2D eigenvalue weighted by molar-refractivity contribution is -0.129. The van der Waals surface area contributed by atoms with Crippen LogP contribution >= 0.6 is 11.8 Å². The Morgan fingerprint density at radius 3 is 2.88 bits per heavy atom. The topological polar surface area (TPSA) is 57.0 Å². The third kappa shape index (κ3) is 5.36. The number of hydrogen-bond acceptors (Lipinski definition) is 4. The number of pyridine rings is 1. The summed E-state index contributed by atoms with van der Waals surface area (Å²) in [5.74, 6) is 0.835. The molecule has 5 heteroatoms. The van der Waals surface area contributed by atoms with Crippen LogP contribution in [0, 0.1) is 11.3 Å². The summed E-state index contributed by atoms with van der Waals surface area (Å²) in [7, 11) is 1.73. The molecule has 0 bridgehead atoms. The van der Waals surface area contributed by atoms with Gasteiger partial charge in [-0.3, -0.25) is 9.78 Å². The fourth-order valence-corrected chi connectivity index (χ4v) is 2.05. The molecule has 0 aromatic carbocycles. The summed E-state index contributed by atoms with van der Waals surface area (Å²) >= 11 is 1.64. The van der Waals surface area contributed by atoms with Gasteiger partial charge in [0.2, 0.25) is 5.91 Å². The molecule has 1 amide bonds. The van der Waals surface area contributed by atoms with Gasteiger partial charge in [0.05, 0.1) is 12.5 Å². The van der Waals surface area contributed by atoms with Crippen LogP contribution in [0.15, 0.2) is 29.4 Å². The van der Waals surface area contributed by atoms with Crippen LogP contribution in [0.3, 0.4) is 0 Å². The highest BCUT2D eigenvalue weighted by Gasteiger charge is 2.07. The standard InChI is InChI=1S/C12H15N3OS/c1-15(9-2-6-13)12(16)5-10-17-11-3-7-14-8-4-11/h3-4,7-8H,2,5,9-10H2,1H3. The van der Waals surface area contributed by atoms with Gasteiger partial charge in [-0.15, -0.1) is 11.8 Å². The van der Waals surface area contributed by atoms with Gasteiger partial charge in [0.15, 0.2) is 0 Å². The number of amides is 1. The van der Waals surface area contributed by atoms with Crippen LogP contribution in [0.1, 0.15) is 12.8 Å². The second-order valence-corrected chi connectivity index (χ2v) is 4.67. The molecular weight excluding hydrogens is 234 g/mol. The van der Waals surface area contributed by atoms with Crippen molar-refractivity contribution in [3.8, 4) is 6.07 Å². The van der Waals surface area contributed by atoms with Crippen molar-refractivity contribution in [2.45, 2.75) is 17.7 Å². The number of hydrogen-bond donors (Lipinski definition) is 0. The first-order chi connectivity index (χ1) is 8.24. The summed E-state index contributed by atoms with van der Waals surface area (Å²) in [6, 6.07) is 5.88. The Morgan fingerprint density at radius 1 is 1.53 bits per heavy atom. The average molecular weight is 249 g/mol. The minimum Gasteiger partial charge on any atom is -0.345 e. The SMILES string of the molecule is CN(CCC#N)C(=O)CCSc1ccncc1. The second kappa shape index (κ2) is 7.69. The number of rotatable bonds is 6. The van der Waals surface area contributed by atoms with E-state index < -0.39 is 0 Å². The van der Waals surface area contributed by atoms with Crippen LogP contribution in [0.2, 0.25) is 0 Å². The van der Waals surface area contributed by atoms with Gasteiger partial charge in [-0.05, 0) is 12.1 Å². The summed E-state index contributed by atoms with van der Waals surface area (Å²) in [6.07, 6.45) is 4.36. The third-order valence-electron chi connectivity index (χ3n) is 2.22. The lowest BCUT2D eigenvalue weighted by Crippen LogP contribution is -2.27. The molecule has 0 spiro atoms. The van der Waals surface area contributed by atoms with Gasteiger partial charge >= 0.3 is 0 Å². The van der Waals surface area contributed by atoms with E-state index in [0.717, 1.165) is 10.6 Å². The van der Waals surface area contributed by atoms with Crippen LogP contribution in [-0.2, 0) is 4.79 Å². The number of carbonyl (C=O) groups excluding carboxylic acids is 1. The van der Waals surface area contributed by atoms with Gasteiger partial charge in [-0.1, -0.05) is 0 Å². The molecule has 0 N–H and O–H groups in total. The third-order valence-corrected chi connectivity index (χ3v) is 3.23. The molecule has 1 heterocycles. The van der Waals surface area contributed by atoms with Crippen molar-refractivity contribution in [1.29, 1.82) is 5.26 Å². The van der Waals surface area contributed by atoms with Gasteiger partial charge in [-0.2, -0.15) is 5.26 Å². The molecule has 0 aliphatic carbocycles. The average Bonchev–Trinajstić information content (AvgIpc) is 2.37. The Bertz CT molecular complexity index is 388. The van der Waals surface area contributed by atoms with Crippen LogP contribution < -0.4 is 0 Å². The summed E-state index contributed by atoms with van der Waals surface area (Å²) in [5.41, 5.74) is 0. The molecular formula is C12H15N3OS. The molecule has 90 valence electrons. The Morgan fingerprint density at radius 2 is 2.24 bits per heavy atom. The molecule has 0 fully saturated rings. The molecule has 4 nitrogen and oxygen atoms in total. The zero-order valence-corrected chi connectivity index (χ0v) is 10.6. The van der Waals surface area contributed by atoms with Crippen molar-refractivity contribution in [3.63, 3.8) is 0 Å². The largest absolute Gasteiger partial charge is 0.345 e. The molecule has 0 saturated carbocycles. The lowest BCUT2D eigenvalue weighted by atomic mass is 10.3. The minimum atomic E-state index is 0.0850. The number of aromatic nitrogens is 1. The monoisotopic (exact) mass is 249 g/mol. The van der Waals surface area contributed by atoms with Gasteiger partial charge in [0.1, 0.15) is 0 Å². The molecule has 1 aromatic rings. The first kappa shape index (κ1) is 13.5. The van der Waals surface area contributed by atoms with E-state index in [-0.39, 0.29) is 5.91 Å². The normalized spacial score (nSPS) is 9.65. The van der Waals surface area contributed by atoms with E-state index in [1.165, 1.54) is 0 Å². The van der Waals surface area contributed by atoms with Crippen molar-refractivity contribution in [1.82, 2.24) is 9.88 Å². The van der Waals surface area contributed by atoms with Crippen molar-refractivity contribution in [2.75, 3.05) is 19.3 Å². The molecule has 0 saturated heterocycles. The zero-order valence-electron chi connectivity index (χ0n) is 9.80. The van der Waals surface area contributed by atoms with Gasteiger partial charge in [0, 0.05) is 43.1 Å². The maximum atomic E-state index is 11.6. The maximum absolute atomic E-state index is 11.6. The van der Waals surface area contributed by atoms with Crippen molar-refractivity contribution < 1.29 is 4.79 Å². The van der Waals surface area contributed by atoms with Gasteiger partial charge in [-0.25, -0.2) is 0 Å². The number of thioether (sulfide) groups is 1. The van der Waals surface area contributed by atoms with Gasteiger partial charge in [0.25, 0.3) is 0 Å². The molecule has 0 atom stereocenters. The van der Waals surface area contributed by atoms with E-state index in [2.05, 4.69) is 4.98 Å². The maximum Gasteiger partial charge on any atom is 0.223 e. The fraction of sp³-hybridized carbons (Fsp3) is 0.417. The Labute approximate surface area is 106 Å². The number of nitriles is 1. The molecule has 0 radical (unpaired) electrons. The number of carbonyl (C=O) groups is 1. The predicted octanol–water partition coefficient (Wildman–Crippen LogP) is 1.94. The quantitative estimate of drug-likeness (QED) is 0.723. The Hall–Kier alpha value is -1.54. The molecule has 0 unspecified atom stereocenters. The summed E-state index contributed by atoms with van der Waals surface area (Å²) in [5, 5.41) is 8.42. The first-order valence-electron chi connectivity index (χ1n) is 5.38. The predicted molar refractivity (Wildman–Crippen MR) is 67.4 cm³/mol. The minimum absolute atomic E-state index is 0.0850. The van der Waals surface area contributed by atoms with Crippen molar-refractivity contribution in [3.05, 3.63) is 24.5 Å². The highest BCUT2D eigenvalue weighted by atomic mass is 32.2. The Kier molecular flexibility index (Phi) is 6.12. The number of nitrogens with zero attached hydrogens (tertiary/aromatic N) is 3. The highest BCUT2D eigenvalue weighted by Crippen LogP contribution is 2.17. The molecule has 0 aliphatic heterocycles. The molecule has 0 aliphatic rings. The van der Waals surface area contributed by atoms with Crippen LogP contribution in [0.4, 0.5) is 0 Å². The smallest absolute Gasteiger partial charge is 0.223 e. The van der Waals surface area contributed by atoms with Crippen LogP contribution in [0.25, 0.3) is 0 Å². The van der Waals surface area contributed by atoms with Crippen molar-refractivity contribution >= 4 is 17.7 Å². The second-order valence-electron chi connectivity index (χ2n) is 3.50. The van der Waals surface area contributed by atoms with E-state index in [4.69, 9.17) is 5.26 Å². The van der Waals surface area contributed by atoms with Crippen molar-refractivity contribution in [2.24, 2.45) is 0 Å². The Balaban J connectivity index is 2.23. The van der Waals surface area contributed by atoms with Gasteiger partial charge < -0.3 is 4.90 Å². The molecule has 17 heavy (non-hydrogen) atoms. The molecule has 1 rings (SSSR count). The van der Waals surface area contributed by atoms with E-state index in [9.17, 15) is 4.79 Å². The summed E-state index contributed by atoms with van der Waals surface area (Å²) in [6.45, 7) is 0.509. The van der Waals surface area contributed by atoms with E-state index >= 15 is 0 Å². The van der Waals surface area contributed by atoms with Crippen LogP contribution in [-0.4, -0.2) is 35.1 Å². The van der Waals surface area contributed by atoms with E-state index in [0.29, 0.717) is 19.4 Å². The molecule has 1 aromatic heterocycles. The first-order valence-corrected chi connectivity index (χ1v) is 6.36. The van der Waals surface area contributed by atoms with E-state index in [1.807, 2.05) is 18.2 Å². The van der Waals surface area contributed by atoms with E-state index in [1.54, 1.807) is 36.1 Å². The zero-order chi connectivity index (χ0) is 12.5. The fourth-order valence-electron chi connectivity index (χ4n) is 1.22. The lowest BCUT2D eigenvalue weighted by Gasteiger charge is -2.14. The summed E-state index contributed by atoms with van der Waals surface area (Å²) in [4.78, 5) is 18.3. The summed E-state index contributed by atoms with van der Waals surface area (Å²) < 4.78 is 0.